The molecule has 1 rings (SSSR count). The third-order valence-corrected chi connectivity index (χ3v) is 4.03. The van der Waals surface area contributed by atoms with Gasteiger partial charge in [0.15, 0.2) is 0 Å². The van der Waals surface area contributed by atoms with Gasteiger partial charge in [-0.2, -0.15) is 0 Å². The van der Waals surface area contributed by atoms with Crippen LogP contribution in [0.25, 0.3) is 0 Å². The van der Waals surface area contributed by atoms with Crippen LogP contribution in [0.3, 0.4) is 0 Å². The molecule has 0 bridgehead atoms. The number of amides is 1. The molecule has 0 aliphatic carbocycles. The van der Waals surface area contributed by atoms with Gasteiger partial charge in [0.2, 0.25) is 0 Å². The second-order valence-electron chi connectivity index (χ2n) is 8.53. The molecule has 0 radical (unpaired) electrons. The van der Waals surface area contributed by atoms with Gasteiger partial charge in [0, 0.05) is 18.6 Å². The van der Waals surface area contributed by atoms with Crippen molar-refractivity contribution in [3.63, 3.8) is 0 Å². The maximum atomic E-state index is 11.9. The lowest BCUT2D eigenvalue weighted by Crippen LogP contribution is -2.53. The molecule has 1 aliphatic rings. The Morgan fingerprint density at radius 3 is 2.57 bits per heavy atom. The monoisotopic (exact) mass is 327 g/mol. The quantitative estimate of drug-likeness (QED) is 0.701. The lowest BCUT2D eigenvalue weighted by atomic mass is 10.0. The molecular formula is C18H37N3O2. The molecule has 0 spiro atoms. The fourth-order valence-corrected chi connectivity index (χ4v) is 2.87. The van der Waals surface area contributed by atoms with Crippen LogP contribution in [-0.4, -0.2) is 42.4 Å². The minimum atomic E-state index is -0.466. The van der Waals surface area contributed by atoms with Crippen LogP contribution in [0.4, 0.5) is 4.79 Å². The number of hydrogen-bond acceptors (Lipinski definition) is 4. The summed E-state index contributed by atoms with van der Waals surface area (Å²) in [7, 11) is 0. The smallest absolute Gasteiger partial charge is 0.408 e. The molecule has 1 amide bonds. The van der Waals surface area contributed by atoms with Crippen molar-refractivity contribution in [2.24, 2.45) is 0 Å². The molecule has 0 aromatic heterocycles. The van der Waals surface area contributed by atoms with Crippen LogP contribution in [0.15, 0.2) is 0 Å². The van der Waals surface area contributed by atoms with Crippen molar-refractivity contribution >= 4 is 6.09 Å². The van der Waals surface area contributed by atoms with E-state index in [9.17, 15) is 4.79 Å². The minimum absolute atomic E-state index is 0.340. The summed E-state index contributed by atoms with van der Waals surface area (Å²) in [4.78, 5) is 11.9. The number of alkyl carbamates (subject to hydrolysis) is 1. The Labute approximate surface area is 142 Å². The number of carbonyl (C=O) groups excluding carboxylic acids is 1. The summed E-state index contributed by atoms with van der Waals surface area (Å²) in [5.74, 6) is 0. The van der Waals surface area contributed by atoms with Gasteiger partial charge in [0.25, 0.3) is 0 Å². The van der Waals surface area contributed by atoms with Crippen LogP contribution in [-0.2, 0) is 4.74 Å². The average molecular weight is 328 g/mol. The first-order valence-corrected chi connectivity index (χ1v) is 9.05. The molecule has 2 unspecified atom stereocenters. The number of nitrogens with one attached hydrogen (secondary N) is 3. The topological polar surface area (TPSA) is 62.4 Å². The van der Waals surface area contributed by atoms with Gasteiger partial charge >= 0.3 is 6.09 Å². The van der Waals surface area contributed by atoms with E-state index in [0.717, 1.165) is 19.5 Å². The molecule has 0 saturated carbocycles. The van der Waals surface area contributed by atoms with Crippen LogP contribution in [0.1, 0.15) is 73.6 Å². The molecule has 23 heavy (non-hydrogen) atoms. The van der Waals surface area contributed by atoms with E-state index in [0.29, 0.717) is 12.1 Å². The maximum Gasteiger partial charge on any atom is 0.408 e. The van der Waals surface area contributed by atoms with Gasteiger partial charge < -0.3 is 20.7 Å². The molecule has 2 atom stereocenters. The van der Waals surface area contributed by atoms with Crippen LogP contribution in [0.2, 0.25) is 0 Å². The van der Waals surface area contributed by atoms with Crippen LogP contribution in [0, 0.1) is 0 Å². The van der Waals surface area contributed by atoms with Crippen molar-refractivity contribution in [3.05, 3.63) is 0 Å². The zero-order valence-corrected chi connectivity index (χ0v) is 15.9. The van der Waals surface area contributed by atoms with Crippen molar-refractivity contribution in [2.45, 2.75) is 96.9 Å². The Kier molecular flexibility index (Phi) is 7.81. The Balaban J connectivity index is 2.31. The summed E-state index contributed by atoms with van der Waals surface area (Å²) in [5, 5.41) is 10.1. The molecule has 5 nitrogen and oxygen atoms in total. The van der Waals surface area contributed by atoms with Crippen LogP contribution < -0.4 is 16.0 Å². The van der Waals surface area contributed by atoms with E-state index >= 15 is 0 Å². The van der Waals surface area contributed by atoms with Crippen LogP contribution in [0.5, 0.6) is 0 Å². The van der Waals surface area contributed by atoms with Gasteiger partial charge in [0.05, 0.1) is 5.54 Å². The summed E-state index contributed by atoms with van der Waals surface area (Å²) in [6.07, 6.45) is 6.01. The number of carbonyl (C=O) groups is 1. The van der Waals surface area contributed by atoms with Crippen molar-refractivity contribution < 1.29 is 9.53 Å². The Morgan fingerprint density at radius 2 is 1.91 bits per heavy atom. The summed E-state index contributed by atoms with van der Waals surface area (Å²) in [6, 6.07) is 1.03. The SMILES string of the molecule is CC(CC1CCCCCN1)NCC(C)(C)NC(=O)OC(C)(C)C. The third kappa shape index (κ3) is 9.82. The zero-order valence-electron chi connectivity index (χ0n) is 15.9. The molecular weight excluding hydrogens is 290 g/mol. The Morgan fingerprint density at radius 1 is 1.22 bits per heavy atom. The van der Waals surface area contributed by atoms with E-state index in [-0.39, 0.29) is 11.6 Å². The van der Waals surface area contributed by atoms with Crippen molar-refractivity contribution in [3.8, 4) is 0 Å². The summed E-state index contributed by atoms with van der Waals surface area (Å²) >= 11 is 0. The molecule has 136 valence electrons. The number of rotatable bonds is 6. The summed E-state index contributed by atoms with van der Waals surface area (Å²) < 4.78 is 5.33. The predicted molar refractivity (Wildman–Crippen MR) is 95.8 cm³/mol. The standard InChI is InChI=1S/C18H37N3O2/c1-14(12-15-10-8-7-9-11-19-15)20-13-18(5,6)21-16(22)23-17(2,3)4/h14-15,19-20H,7-13H2,1-6H3,(H,21,22). The van der Waals surface area contributed by atoms with E-state index in [4.69, 9.17) is 4.74 Å². The molecule has 1 fully saturated rings. The highest BCUT2D eigenvalue weighted by molar-refractivity contribution is 5.68. The molecule has 0 aromatic rings. The normalized spacial score (nSPS) is 21.4. The molecule has 1 aliphatic heterocycles. The van der Waals surface area contributed by atoms with Gasteiger partial charge in [-0.05, 0) is 67.3 Å². The largest absolute Gasteiger partial charge is 0.444 e. The molecule has 5 heteroatoms. The zero-order chi connectivity index (χ0) is 17.5. The van der Waals surface area contributed by atoms with E-state index in [1.165, 1.54) is 25.7 Å². The fraction of sp³-hybridized carbons (Fsp3) is 0.944. The molecule has 1 saturated heterocycles. The maximum absolute atomic E-state index is 11.9. The second kappa shape index (κ2) is 8.88. The van der Waals surface area contributed by atoms with E-state index in [1.54, 1.807) is 0 Å². The minimum Gasteiger partial charge on any atom is -0.444 e. The lowest BCUT2D eigenvalue weighted by Gasteiger charge is -2.31. The van der Waals surface area contributed by atoms with E-state index < -0.39 is 5.60 Å². The Hall–Kier alpha value is -0.810. The average Bonchev–Trinajstić information content (AvgIpc) is 2.62. The van der Waals surface area contributed by atoms with Gasteiger partial charge in [-0.3, -0.25) is 0 Å². The highest BCUT2D eigenvalue weighted by Gasteiger charge is 2.25. The molecule has 3 N–H and O–H groups in total. The first kappa shape index (κ1) is 20.2. The number of ether oxygens (including phenoxy) is 1. The third-order valence-electron chi connectivity index (χ3n) is 4.03. The van der Waals surface area contributed by atoms with E-state index in [1.807, 2.05) is 34.6 Å². The van der Waals surface area contributed by atoms with Crippen molar-refractivity contribution in [1.82, 2.24) is 16.0 Å². The highest BCUT2D eigenvalue weighted by Crippen LogP contribution is 2.13. The fourth-order valence-electron chi connectivity index (χ4n) is 2.87. The predicted octanol–water partition coefficient (Wildman–Crippen LogP) is 3.19. The first-order chi connectivity index (χ1) is 10.6. The van der Waals surface area contributed by atoms with Gasteiger partial charge in [-0.1, -0.05) is 12.8 Å². The Bertz CT molecular complexity index is 356. The highest BCUT2D eigenvalue weighted by atomic mass is 16.6. The second-order valence-corrected chi connectivity index (χ2v) is 8.53. The van der Waals surface area contributed by atoms with Gasteiger partial charge in [-0.25, -0.2) is 4.79 Å². The van der Waals surface area contributed by atoms with Crippen LogP contribution >= 0.6 is 0 Å². The lowest BCUT2D eigenvalue weighted by molar-refractivity contribution is 0.0470. The molecule has 0 aromatic carbocycles. The summed E-state index contributed by atoms with van der Waals surface area (Å²) in [6.45, 7) is 13.7. The van der Waals surface area contributed by atoms with E-state index in [2.05, 4.69) is 22.9 Å². The van der Waals surface area contributed by atoms with Gasteiger partial charge in [-0.15, -0.1) is 0 Å². The first-order valence-electron chi connectivity index (χ1n) is 9.05. The summed E-state index contributed by atoms with van der Waals surface area (Å²) in [5.41, 5.74) is -0.806. The van der Waals surface area contributed by atoms with Crippen molar-refractivity contribution in [1.29, 1.82) is 0 Å². The molecule has 1 heterocycles. The van der Waals surface area contributed by atoms with Crippen molar-refractivity contribution in [2.75, 3.05) is 13.1 Å². The van der Waals surface area contributed by atoms with Gasteiger partial charge in [0.1, 0.15) is 5.60 Å². The number of hydrogen-bond donors (Lipinski definition) is 3.